The number of aromatic nitrogens is 2. The van der Waals surface area contributed by atoms with E-state index in [1.54, 1.807) is 12.1 Å². The van der Waals surface area contributed by atoms with Crippen molar-refractivity contribution in [3.8, 4) is 11.4 Å². The second-order valence-electron chi connectivity index (χ2n) is 9.07. The predicted molar refractivity (Wildman–Crippen MR) is 138 cm³/mol. The fraction of sp³-hybridized carbons (Fsp3) is 0.269. The van der Waals surface area contributed by atoms with E-state index >= 15 is 0 Å². The normalized spacial score (nSPS) is 12.2. The Bertz CT molecular complexity index is 1270. The third kappa shape index (κ3) is 5.65. The van der Waals surface area contributed by atoms with Crippen LogP contribution in [0.1, 0.15) is 37.5 Å². The molecule has 0 unspecified atom stereocenters. The first-order valence-electron chi connectivity index (χ1n) is 10.8. The van der Waals surface area contributed by atoms with Gasteiger partial charge in [-0.2, -0.15) is 0 Å². The monoisotopic (exact) mass is 579 g/mol. The van der Waals surface area contributed by atoms with Gasteiger partial charge in [0.05, 0.1) is 11.0 Å². The van der Waals surface area contributed by atoms with Crippen molar-refractivity contribution >= 4 is 39.6 Å². The first-order chi connectivity index (χ1) is 16.0. The minimum absolute atomic E-state index is 0.0816. The van der Waals surface area contributed by atoms with Gasteiger partial charge in [-0.1, -0.05) is 73.7 Å². The first-order valence-corrected chi connectivity index (χ1v) is 12.3. The van der Waals surface area contributed by atoms with Gasteiger partial charge < -0.3 is 10.1 Å². The molecule has 0 aliphatic rings. The summed E-state index contributed by atoms with van der Waals surface area (Å²) < 4.78 is 44.5. The molecular formula is C26H25F3IN3O. The Labute approximate surface area is 210 Å². The molecule has 0 aliphatic heterocycles. The molecule has 1 heterocycles. The lowest BCUT2D eigenvalue weighted by molar-refractivity contribution is -0.274. The van der Waals surface area contributed by atoms with Crippen molar-refractivity contribution in [1.82, 2.24) is 9.55 Å². The quantitative estimate of drug-likeness (QED) is 0.188. The summed E-state index contributed by atoms with van der Waals surface area (Å²) in [6.45, 7) is 7.09. The van der Waals surface area contributed by atoms with Gasteiger partial charge in [-0.25, -0.2) is 4.98 Å². The van der Waals surface area contributed by atoms with Crippen LogP contribution in [0.2, 0.25) is 0 Å². The number of nitrogens with zero attached hydrogens (tertiary/aromatic N) is 2. The van der Waals surface area contributed by atoms with Crippen LogP contribution in [0.25, 0.3) is 16.7 Å². The number of fused-ring (bicyclic) bond motifs is 1. The number of hydrogen-bond donors (Lipinski definition) is 1. The van der Waals surface area contributed by atoms with E-state index < -0.39 is 6.36 Å². The average molecular weight is 579 g/mol. The zero-order chi connectivity index (χ0) is 24.5. The molecule has 1 aromatic heterocycles. The maximum Gasteiger partial charge on any atom is 0.573 e. The van der Waals surface area contributed by atoms with E-state index in [1.807, 2.05) is 16.7 Å². The van der Waals surface area contributed by atoms with Crippen LogP contribution >= 0.6 is 22.6 Å². The van der Waals surface area contributed by atoms with Crippen molar-refractivity contribution < 1.29 is 17.9 Å². The maximum absolute atomic E-state index is 12.6. The summed E-state index contributed by atoms with van der Waals surface area (Å²) in [5.74, 6) is 0.354. The summed E-state index contributed by atoms with van der Waals surface area (Å²) in [4.78, 5) is 4.76. The summed E-state index contributed by atoms with van der Waals surface area (Å²) in [7, 11) is 0. The zero-order valence-corrected chi connectivity index (χ0v) is 21.2. The maximum atomic E-state index is 12.6. The van der Waals surface area contributed by atoms with Gasteiger partial charge in [0, 0.05) is 16.7 Å². The second kappa shape index (κ2) is 9.48. The number of anilines is 1. The molecule has 1 N–H and O–H groups in total. The van der Waals surface area contributed by atoms with E-state index in [-0.39, 0.29) is 11.2 Å². The van der Waals surface area contributed by atoms with E-state index in [2.05, 4.69) is 83.7 Å². The number of alkyl halides is 4. The van der Waals surface area contributed by atoms with Crippen molar-refractivity contribution in [2.75, 3.05) is 5.32 Å². The standard InChI is InChI=1S/C26H25F3IN3O/c1-25(2,3)19-7-4-17(5-8-19)16-31-24-32-22-13-6-18(15-30)14-23(22)33(24)20-9-11-21(12-10-20)34-26(27,28)29/h4-14H,15-16H2,1-3H3,(H,31,32). The SMILES string of the molecule is CC(C)(C)c1ccc(CNc2nc3ccc(CI)cc3n2-c2ccc(OC(F)(F)F)cc2)cc1. The molecule has 0 radical (unpaired) electrons. The van der Waals surface area contributed by atoms with E-state index in [4.69, 9.17) is 4.98 Å². The lowest BCUT2D eigenvalue weighted by Crippen LogP contribution is -2.17. The highest BCUT2D eigenvalue weighted by Crippen LogP contribution is 2.30. The molecule has 0 saturated heterocycles. The smallest absolute Gasteiger partial charge is 0.406 e. The molecule has 0 saturated carbocycles. The Morgan fingerprint density at radius 3 is 2.15 bits per heavy atom. The van der Waals surface area contributed by atoms with Crippen LogP contribution in [0.15, 0.2) is 66.7 Å². The number of rotatable bonds is 6. The lowest BCUT2D eigenvalue weighted by Gasteiger charge is -2.19. The van der Waals surface area contributed by atoms with Crippen LogP contribution in [-0.2, 0) is 16.4 Å². The third-order valence-corrected chi connectivity index (χ3v) is 6.35. The average Bonchev–Trinajstić information content (AvgIpc) is 3.14. The van der Waals surface area contributed by atoms with Crippen molar-refractivity contribution in [3.63, 3.8) is 0 Å². The van der Waals surface area contributed by atoms with Gasteiger partial charge in [-0.3, -0.25) is 4.57 Å². The molecule has 0 amide bonds. The Morgan fingerprint density at radius 1 is 0.912 bits per heavy atom. The molecule has 0 aliphatic carbocycles. The Balaban J connectivity index is 1.67. The number of nitrogens with one attached hydrogen (secondary N) is 1. The summed E-state index contributed by atoms with van der Waals surface area (Å²) in [5.41, 5.74) is 5.95. The van der Waals surface area contributed by atoms with Crippen LogP contribution in [0.4, 0.5) is 19.1 Å². The Hall–Kier alpha value is -2.75. The predicted octanol–water partition coefficient (Wildman–Crippen LogP) is 7.77. The first kappa shape index (κ1) is 24.4. The molecule has 0 spiro atoms. The number of benzene rings is 3. The highest BCUT2D eigenvalue weighted by Gasteiger charge is 2.31. The minimum atomic E-state index is -4.73. The third-order valence-electron chi connectivity index (χ3n) is 5.47. The molecule has 3 aromatic carbocycles. The highest BCUT2D eigenvalue weighted by molar-refractivity contribution is 14.1. The molecule has 4 nitrogen and oxygen atoms in total. The molecular weight excluding hydrogens is 554 g/mol. The van der Waals surface area contributed by atoms with Gasteiger partial charge in [0.1, 0.15) is 5.75 Å². The number of hydrogen-bond acceptors (Lipinski definition) is 3. The largest absolute Gasteiger partial charge is 0.573 e. The molecule has 0 atom stereocenters. The summed E-state index contributed by atoms with van der Waals surface area (Å²) >= 11 is 2.30. The fourth-order valence-electron chi connectivity index (χ4n) is 3.68. The van der Waals surface area contributed by atoms with Gasteiger partial charge in [0.2, 0.25) is 5.95 Å². The van der Waals surface area contributed by atoms with Crippen molar-refractivity contribution in [2.45, 2.75) is 43.5 Å². The van der Waals surface area contributed by atoms with Crippen molar-refractivity contribution in [2.24, 2.45) is 0 Å². The second-order valence-corrected chi connectivity index (χ2v) is 9.83. The molecule has 4 rings (SSSR count). The molecule has 34 heavy (non-hydrogen) atoms. The van der Waals surface area contributed by atoms with Gasteiger partial charge in [0.15, 0.2) is 0 Å². The summed E-state index contributed by atoms with van der Waals surface area (Å²) in [6, 6.07) is 20.3. The van der Waals surface area contributed by atoms with Crippen LogP contribution in [-0.4, -0.2) is 15.9 Å². The number of imidazole rings is 1. The van der Waals surface area contributed by atoms with Crippen LogP contribution in [0.3, 0.4) is 0 Å². The minimum Gasteiger partial charge on any atom is -0.406 e. The van der Waals surface area contributed by atoms with Crippen molar-refractivity contribution in [3.05, 3.63) is 83.4 Å². The Morgan fingerprint density at radius 2 is 1.56 bits per heavy atom. The van der Waals surface area contributed by atoms with E-state index in [9.17, 15) is 13.2 Å². The molecule has 178 valence electrons. The highest BCUT2D eigenvalue weighted by atomic mass is 127. The topological polar surface area (TPSA) is 39.1 Å². The molecule has 8 heteroatoms. The van der Waals surface area contributed by atoms with Crippen LogP contribution < -0.4 is 10.1 Å². The lowest BCUT2D eigenvalue weighted by atomic mass is 9.87. The molecule has 0 bridgehead atoms. The van der Waals surface area contributed by atoms with E-state index in [0.717, 1.165) is 26.6 Å². The summed E-state index contributed by atoms with van der Waals surface area (Å²) in [5, 5.41) is 3.40. The molecule has 0 fully saturated rings. The fourth-order valence-corrected chi connectivity index (χ4v) is 4.16. The number of ether oxygens (including phenoxy) is 1. The van der Waals surface area contributed by atoms with Gasteiger partial charge in [-0.05, 0) is 58.5 Å². The number of halogens is 4. The molecule has 4 aromatic rings. The van der Waals surface area contributed by atoms with Crippen LogP contribution in [0.5, 0.6) is 5.75 Å². The van der Waals surface area contributed by atoms with Gasteiger partial charge in [-0.15, -0.1) is 13.2 Å². The van der Waals surface area contributed by atoms with Gasteiger partial charge >= 0.3 is 6.36 Å². The van der Waals surface area contributed by atoms with E-state index in [0.29, 0.717) is 18.2 Å². The van der Waals surface area contributed by atoms with Crippen molar-refractivity contribution in [1.29, 1.82) is 0 Å². The van der Waals surface area contributed by atoms with Crippen LogP contribution in [0, 0.1) is 0 Å². The zero-order valence-electron chi connectivity index (χ0n) is 19.1. The van der Waals surface area contributed by atoms with E-state index in [1.165, 1.54) is 17.7 Å². The summed E-state index contributed by atoms with van der Waals surface area (Å²) in [6.07, 6.45) is -4.73. The van der Waals surface area contributed by atoms with Gasteiger partial charge in [0.25, 0.3) is 0 Å². The Kier molecular flexibility index (Phi) is 6.80.